The zero-order chi connectivity index (χ0) is 14.7. The van der Waals surface area contributed by atoms with Gasteiger partial charge in [-0.2, -0.15) is 5.26 Å². The molecule has 1 amide bonds. The predicted molar refractivity (Wildman–Crippen MR) is 74.9 cm³/mol. The maximum absolute atomic E-state index is 13.7. The molecular weight excluding hydrogens is 281 g/mol. The van der Waals surface area contributed by atoms with Crippen LogP contribution < -0.4 is 11.1 Å². The molecule has 2 aromatic rings. The van der Waals surface area contributed by atoms with E-state index in [1.807, 2.05) is 0 Å². The standard InChI is InChI=1S/C14H9ClFN3O/c15-11-3-2-9(18)6-10(11)14(20)19-13-4-1-8(7-17)5-12(13)16/h1-6H,18H2,(H,19,20). The number of nitrogen functional groups attached to an aromatic ring is 1. The molecule has 0 aliphatic carbocycles. The number of carbonyl (C=O) groups is 1. The Labute approximate surface area is 119 Å². The predicted octanol–water partition coefficient (Wildman–Crippen LogP) is 3.19. The lowest BCUT2D eigenvalue weighted by molar-refractivity contribution is 0.102. The minimum atomic E-state index is -0.697. The van der Waals surface area contributed by atoms with Gasteiger partial charge in [0.2, 0.25) is 0 Å². The number of anilines is 2. The number of hydrogen-bond acceptors (Lipinski definition) is 3. The van der Waals surface area contributed by atoms with Gasteiger partial charge in [-0.3, -0.25) is 4.79 Å². The molecule has 0 bridgehead atoms. The second-order valence-corrected chi connectivity index (χ2v) is 4.41. The number of carbonyl (C=O) groups excluding carboxylic acids is 1. The van der Waals surface area contributed by atoms with Crippen LogP contribution in [0.1, 0.15) is 15.9 Å². The average Bonchev–Trinajstić information content (AvgIpc) is 2.43. The van der Waals surface area contributed by atoms with Crippen molar-refractivity contribution < 1.29 is 9.18 Å². The van der Waals surface area contributed by atoms with Crippen molar-refractivity contribution in [3.05, 3.63) is 58.4 Å². The van der Waals surface area contributed by atoms with Gasteiger partial charge in [-0.25, -0.2) is 4.39 Å². The molecule has 6 heteroatoms. The summed E-state index contributed by atoms with van der Waals surface area (Å²) in [5, 5.41) is 11.2. The summed E-state index contributed by atoms with van der Waals surface area (Å²) in [6.45, 7) is 0. The summed E-state index contributed by atoms with van der Waals surface area (Å²) in [7, 11) is 0. The Morgan fingerprint density at radius 2 is 2.05 bits per heavy atom. The highest BCUT2D eigenvalue weighted by Gasteiger charge is 2.13. The molecular formula is C14H9ClFN3O. The number of hydrogen-bond donors (Lipinski definition) is 2. The lowest BCUT2D eigenvalue weighted by Gasteiger charge is -2.08. The van der Waals surface area contributed by atoms with Crippen molar-refractivity contribution in [1.29, 1.82) is 5.26 Å². The molecule has 0 unspecified atom stereocenters. The molecule has 4 nitrogen and oxygen atoms in total. The Morgan fingerprint density at radius 3 is 2.70 bits per heavy atom. The summed E-state index contributed by atoms with van der Waals surface area (Å²) in [5.74, 6) is -1.27. The van der Waals surface area contributed by atoms with Gasteiger partial charge in [-0.05, 0) is 36.4 Å². The zero-order valence-corrected chi connectivity index (χ0v) is 10.9. The van der Waals surface area contributed by atoms with Crippen LogP contribution >= 0.6 is 11.6 Å². The van der Waals surface area contributed by atoms with E-state index in [-0.39, 0.29) is 21.8 Å². The van der Waals surface area contributed by atoms with Crippen LogP contribution in [0, 0.1) is 17.1 Å². The highest BCUT2D eigenvalue weighted by molar-refractivity contribution is 6.34. The summed E-state index contributed by atoms with van der Waals surface area (Å²) in [6.07, 6.45) is 0. The number of nitrogens with zero attached hydrogens (tertiary/aromatic N) is 1. The number of nitrogens with one attached hydrogen (secondary N) is 1. The van der Waals surface area contributed by atoms with E-state index in [2.05, 4.69) is 5.32 Å². The molecule has 0 aliphatic rings. The fourth-order valence-corrected chi connectivity index (χ4v) is 1.80. The van der Waals surface area contributed by atoms with Crippen LogP contribution in [0.4, 0.5) is 15.8 Å². The molecule has 20 heavy (non-hydrogen) atoms. The van der Waals surface area contributed by atoms with E-state index in [1.165, 1.54) is 24.3 Å². The number of amides is 1. The fourth-order valence-electron chi connectivity index (χ4n) is 1.59. The number of nitriles is 1. The van der Waals surface area contributed by atoms with E-state index >= 15 is 0 Å². The third-order valence-electron chi connectivity index (χ3n) is 2.58. The summed E-state index contributed by atoms with van der Waals surface area (Å²) < 4.78 is 13.7. The fraction of sp³-hybridized carbons (Fsp3) is 0. The van der Waals surface area contributed by atoms with Crippen molar-refractivity contribution in [3.8, 4) is 6.07 Å². The first-order valence-electron chi connectivity index (χ1n) is 5.57. The average molecular weight is 290 g/mol. The molecule has 0 fully saturated rings. The molecule has 100 valence electrons. The van der Waals surface area contributed by atoms with Gasteiger partial charge < -0.3 is 11.1 Å². The monoisotopic (exact) mass is 289 g/mol. The largest absolute Gasteiger partial charge is 0.399 e. The molecule has 3 N–H and O–H groups in total. The molecule has 0 saturated heterocycles. The van der Waals surface area contributed by atoms with E-state index in [4.69, 9.17) is 22.6 Å². The minimum Gasteiger partial charge on any atom is -0.399 e. The molecule has 0 spiro atoms. The number of benzene rings is 2. The zero-order valence-electron chi connectivity index (χ0n) is 10.2. The van der Waals surface area contributed by atoms with Crippen LogP contribution in [0.3, 0.4) is 0 Å². The third-order valence-corrected chi connectivity index (χ3v) is 2.91. The van der Waals surface area contributed by atoms with Crippen LogP contribution in [0.2, 0.25) is 5.02 Å². The van der Waals surface area contributed by atoms with Crippen molar-refractivity contribution in [3.63, 3.8) is 0 Å². The number of halogens is 2. The van der Waals surface area contributed by atoms with Gasteiger partial charge in [0.25, 0.3) is 5.91 Å². The molecule has 2 rings (SSSR count). The normalized spacial score (nSPS) is 9.85. The first-order chi connectivity index (χ1) is 9.51. The van der Waals surface area contributed by atoms with Crippen molar-refractivity contribution >= 4 is 28.9 Å². The van der Waals surface area contributed by atoms with Gasteiger partial charge in [0.15, 0.2) is 0 Å². The second kappa shape index (κ2) is 5.59. The molecule has 0 saturated carbocycles. The Bertz CT molecular complexity index is 725. The Balaban J connectivity index is 2.28. The smallest absolute Gasteiger partial charge is 0.257 e. The maximum atomic E-state index is 13.7. The molecule has 0 radical (unpaired) electrons. The van der Waals surface area contributed by atoms with Crippen LogP contribution in [0.15, 0.2) is 36.4 Å². The number of nitrogens with two attached hydrogens (primary N) is 1. The first kappa shape index (κ1) is 13.8. The Morgan fingerprint density at radius 1 is 1.30 bits per heavy atom. The van der Waals surface area contributed by atoms with E-state index in [1.54, 1.807) is 12.1 Å². The van der Waals surface area contributed by atoms with Gasteiger partial charge in [-0.15, -0.1) is 0 Å². The molecule has 0 atom stereocenters. The van der Waals surface area contributed by atoms with E-state index in [0.29, 0.717) is 5.69 Å². The Hall–Kier alpha value is -2.58. The highest BCUT2D eigenvalue weighted by atomic mass is 35.5. The SMILES string of the molecule is N#Cc1ccc(NC(=O)c2cc(N)ccc2Cl)c(F)c1. The van der Waals surface area contributed by atoms with Gasteiger partial charge >= 0.3 is 0 Å². The topological polar surface area (TPSA) is 78.9 Å². The van der Waals surface area contributed by atoms with Gasteiger partial charge in [0.05, 0.1) is 27.9 Å². The van der Waals surface area contributed by atoms with Crippen molar-refractivity contribution in [2.24, 2.45) is 0 Å². The van der Waals surface area contributed by atoms with Crippen LogP contribution in [0.5, 0.6) is 0 Å². The molecule has 0 aromatic heterocycles. The van der Waals surface area contributed by atoms with Crippen molar-refractivity contribution in [2.75, 3.05) is 11.1 Å². The lowest BCUT2D eigenvalue weighted by Crippen LogP contribution is -2.14. The van der Waals surface area contributed by atoms with Gasteiger partial charge in [0, 0.05) is 5.69 Å². The maximum Gasteiger partial charge on any atom is 0.257 e. The summed E-state index contributed by atoms with van der Waals surface area (Å²) in [4.78, 5) is 12.0. The summed E-state index contributed by atoms with van der Waals surface area (Å²) in [6, 6.07) is 10.0. The quantitative estimate of drug-likeness (QED) is 0.833. The number of rotatable bonds is 2. The van der Waals surface area contributed by atoms with Crippen molar-refractivity contribution in [1.82, 2.24) is 0 Å². The van der Waals surface area contributed by atoms with Gasteiger partial charge in [-0.1, -0.05) is 11.6 Å². The van der Waals surface area contributed by atoms with Gasteiger partial charge in [0.1, 0.15) is 5.82 Å². The van der Waals surface area contributed by atoms with Crippen molar-refractivity contribution in [2.45, 2.75) is 0 Å². The highest BCUT2D eigenvalue weighted by Crippen LogP contribution is 2.22. The van der Waals surface area contributed by atoms with E-state index in [0.717, 1.165) is 6.07 Å². The third kappa shape index (κ3) is 2.87. The van der Waals surface area contributed by atoms with E-state index < -0.39 is 11.7 Å². The Kier molecular flexibility index (Phi) is 3.87. The minimum absolute atomic E-state index is 0.0347. The first-order valence-corrected chi connectivity index (χ1v) is 5.95. The van der Waals surface area contributed by atoms with Crippen LogP contribution in [-0.4, -0.2) is 5.91 Å². The summed E-state index contributed by atoms with van der Waals surface area (Å²) in [5.41, 5.74) is 6.24. The molecule has 0 heterocycles. The lowest BCUT2D eigenvalue weighted by atomic mass is 10.1. The molecule has 0 aliphatic heterocycles. The van der Waals surface area contributed by atoms with E-state index in [9.17, 15) is 9.18 Å². The second-order valence-electron chi connectivity index (χ2n) is 4.00. The van der Waals surface area contributed by atoms with Crippen LogP contribution in [0.25, 0.3) is 0 Å². The summed E-state index contributed by atoms with van der Waals surface area (Å²) >= 11 is 5.89. The van der Waals surface area contributed by atoms with Crippen LogP contribution in [-0.2, 0) is 0 Å². The molecule has 2 aromatic carbocycles.